The average Bonchev–Trinajstić information content (AvgIpc) is 2.04. The number of rotatable bonds is 6. The minimum absolute atomic E-state index is 0.804. The molecular weight excluding hydrogens is 240 g/mol. The second-order valence-corrected chi connectivity index (χ2v) is 4.89. The van der Waals surface area contributed by atoms with Gasteiger partial charge in [0.2, 0.25) is 0 Å². The van der Waals surface area contributed by atoms with Crippen LogP contribution in [0.25, 0.3) is 0 Å². The average molecular weight is 253 g/mol. The Balaban J connectivity index is 3.70. The molecule has 0 aromatic heterocycles. The van der Waals surface area contributed by atoms with Crippen molar-refractivity contribution >= 4 is 25.8 Å². The maximum absolute atomic E-state index is 10.8. The van der Waals surface area contributed by atoms with E-state index in [-0.39, 0.29) is 0 Å². The molecule has 0 fully saturated rings. The van der Waals surface area contributed by atoms with Gasteiger partial charge in [-0.2, -0.15) is 0 Å². The van der Waals surface area contributed by atoms with Crippen LogP contribution in [0.4, 0.5) is 0 Å². The first-order valence-electron chi connectivity index (χ1n) is 3.72. The molecule has 0 aliphatic heterocycles. The highest BCUT2D eigenvalue weighted by Gasteiger charge is 1.94. The van der Waals surface area contributed by atoms with E-state index in [0.717, 1.165) is 30.0 Å². The van der Waals surface area contributed by atoms with Crippen LogP contribution in [0, 0.1) is 0 Å². The molecule has 0 heterocycles. The number of allylic oxidation sites excluding steroid dienone is 1. The van der Waals surface area contributed by atoms with Gasteiger partial charge in [0.15, 0.2) is 9.84 Å². The topological polar surface area (TPSA) is 34.1 Å². The van der Waals surface area contributed by atoms with Gasteiger partial charge in [0.25, 0.3) is 0 Å². The molecule has 0 unspecified atom stereocenters. The SMILES string of the molecule is C=CS(=O)(=O)C=CCCCCBr. The molecule has 0 N–H and O–H groups in total. The standard InChI is InChI=1S/C8H13BrO2S/c1-2-12(10,11)8-6-4-3-5-7-9/h2,6,8H,1,3-5,7H2. The summed E-state index contributed by atoms with van der Waals surface area (Å²) < 4.78 is 21.6. The predicted molar refractivity (Wildman–Crippen MR) is 55.9 cm³/mol. The summed E-state index contributed by atoms with van der Waals surface area (Å²) in [7, 11) is -3.14. The van der Waals surface area contributed by atoms with E-state index in [1.807, 2.05) is 0 Å². The van der Waals surface area contributed by atoms with Gasteiger partial charge in [0.05, 0.1) is 0 Å². The van der Waals surface area contributed by atoms with Crippen molar-refractivity contribution in [2.75, 3.05) is 5.33 Å². The van der Waals surface area contributed by atoms with Crippen LogP contribution in [0.3, 0.4) is 0 Å². The van der Waals surface area contributed by atoms with Crippen molar-refractivity contribution in [2.45, 2.75) is 19.3 Å². The van der Waals surface area contributed by atoms with Crippen LogP contribution in [-0.4, -0.2) is 13.7 Å². The smallest absolute Gasteiger partial charge is 0.192 e. The second-order valence-electron chi connectivity index (χ2n) is 2.31. The normalized spacial score (nSPS) is 12.1. The summed E-state index contributed by atoms with van der Waals surface area (Å²) in [5.74, 6) is 0. The predicted octanol–water partition coefficient (Wildman–Crippen LogP) is 2.62. The third-order valence-corrected chi connectivity index (χ3v) is 2.87. The van der Waals surface area contributed by atoms with Crippen molar-refractivity contribution in [2.24, 2.45) is 0 Å². The van der Waals surface area contributed by atoms with Crippen molar-refractivity contribution in [3.05, 3.63) is 23.5 Å². The molecule has 0 radical (unpaired) electrons. The fourth-order valence-corrected chi connectivity index (χ4v) is 1.53. The van der Waals surface area contributed by atoms with Crippen molar-refractivity contribution in [1.82, 2.24) is 0 Å². The fraction of sp³-hybridized carbons (Fsp3) is 0.500. The Morgan fingerprint density at radius 3 is 2.50 bits per heavy atom. The van der Waals surface area contributed by atoms with Crippen LogP contribution >= 0.6 is 15.9 Å². The van der Waals surface area contributed by atoms with Crippen LogP contribution in [0.1, 0.15) is 19.3 Å². The van der Waals surface area contributed by atoms with Crippen molar-refractivity contribution < 1.29 is 8.42 Å². The van der Waals surface area contributed by atoms with Crippen LogP contribution < -0.4 is 0 Å². The minimum atomic E-state index is -3.14. The number of hydrogen-bond donors (Lipinski definition) is 0. The lowest BCUT2D eigenvalue weighted by molar-refractivity contribution is 0.612. The van der Waals surface area contributed by atoms with E-state index in [0.29, 0.717) is 0 Å². The van der Waals surface area contributed by atoms with Gasteiger partial charge >= 0.3 is 0 Å². The molecule has 0 aromatic carbocycles. The highest BCUT2D eigenvalue weighted by atomic mass is 79.9. The molecule has 0 saturated heterocycles. The zero-order valence-corrected chi connectivity index (χ0v) is 9.27. The summed E-state index contributed by atoms with van der Waals surface area (Å²) in [6, 6.07) is 0. The second kappa shape index (κ2) is 6.43. The monoisotopic (exact) mass is 252 g/mol. The highest BCUT2D eigenvalue weighted by molar-refractivity contribution is 9.09. The summed E-state index contributed by atoms with van der Waals surface area (Å²) in [5.41, 5.74) is 0. The Morgan fingerprint density at radius 2 is 2.00 bits per heavy atom. The zero-order chi connectivity index (χ0) is 9.45. The van der Waals surface area contributed by atoms with E-state index in [2.05, 4.69) is 22.5 Å². The summed E-state index contributed by atoms with van der Waals surface area (Å²) in [6.07, 6.45) is 4.55. The van der Waals surface area contributed by atoms with Gasteiger partial charge in [-0.25, -0.2) is 8.42 Å². The summed E-state index contributed by atoms with van der Waals surface area (Å²) in [6.45, 7) is 3.20. The number of hydrogen-bond acceptors (Lipinski definition) is 2. The molecule has 0 aliphatic carbocycles. The van der Waals surface area contributed by atoms with Gasteiger partial charge in [0, 0.05) is 16.1 Å². The Hall–Kier alpha value is -0.0900. The summed E-state index contributed by atoms with van der Waals surface area (Å²) in [5, 5.41) is 3.12. The third-order valence-electron chi connectivity index (χ3n) is 1.27. The quantitative estimate of drug-likeness (QED) is 0.538. The molecule has 70 valence electrons. The molecule has 0 aliphatic rings. The number of alkyl halides is 1. The lowest BCUT2D eigenvalue weighted by Gasteiger charge is -1.90. The van der Waals surface area contributed by atoms with E-state index >= 15 is 0 Å². The van der Waals surface area contributed by atoms with Crippen LogP contribution in [0.2, 0.25) is 0 Å². The Labute approximate surface area is 82.4 Å². The first-order chi connectivity index (χ1) is 5.62. The van der Waals surface area contributed by atoms with Crippen molar-refractivity contribution in [1.29, 1.82) is 0 Å². The molecule has 0 spiro atoms. The van der Waals surface area contributed by atoms with Gasteiger partial charge in [-0.3, -0.25) is 0 Å². The number of sulfone groups is 1. The van der Waals surface area contributed by atoms with E-state index in [1.165, 1.54) is 5.41 Å². The first kappa shape index (κ1) is 11.9. The Kier molecular flexibility index (Phi) is 6.38. The van der Waals surface area contributed by atoms with Crippen molar-refractivity contribution in [3.8, 4) is 0 Å². The highest BCUT2D eigenvalue weighted by Crippen LogP contribution is 2.01. The molecule has 0 bridgehead atoms. The molecule has 0 rings (SSSR count). The Morgan fingerprint density at radius 1 is 1.33 bits per heavy atom. The van der Waals surface area contributed by atoms with Crippen LogP contribution in [0.5, 0.6) is 0 Å². The van der Waals surface area contributed by atoms with E-state index < -0.39 is 9.84 Å². The number of unbranched alkanes of at least 4 members (excludes halogenated alkanes) is 2. The van der Waals surface area contributed by atoms with E-state index in [4.69, 9.17) is 0 Å². The van der Waals surface area contributed by atoms with Gasteiger partial charge in [-0.05, 0) is 19.3 Å². The summed E-state index contributed by atoms with van der Waals surface area (Å²) >= 11 is 3.30. The van der Waals surface area contributed by atoms with E-state index in [9.17, 15) is 8.42 Å². The summed E-state index contributed by atoms with van der Waals surface area (Å²) in [4.78, 5) is 0. The molecule has 0 aromatic rings. The van der Waals surface area contributed by atoms with Gasteiger partial charge in [-0.1, -0.05) is 28.6 Å². The fourth-order valence-electron chi connectivity index (χ4n) is 0.614. The maximum Gasteiger partial charge on any atom is 0.192 e. The zero-order valence-electron chi connectivity index (χ0n) is 6.87. The number of halogens is 1. The molecule has 0 saturated carbocycles. The maximum atomic E-state index is 10.8. The van der Waals surface area contributed by atoms with Crippen LogP contribution in [0.15, 0.2) is 23.5 Å². The molecular formula is C8H13BrO2S. The lowest BCUT2D eigenvalue weighted by atomic mass is 10.2. The lowest BCUT2D eigenvalue weighted by Crippen LogP contribution is -1.86. The van der Waals surface area contributed by atoms with Gasteiger partial charge in [0.1, 0.15) is 0 Å². The minimum Gasteiger partial charge on any atom is -0.220 e. The first-order valence-corrected chi connectivity index (χ1v) is 6.45. The van der Waals surface area contributed by atoms with Gasteiger partial charge in [-0.15, -0.1) is 0 Å². The molecule has 12 heavy (non-hydrogen) atoms. The molecule has 0 amide bonds. The van der Waals surface area contributed by atoms with Crippen LogP contribution in [-0.2, 0) is 9.84 Å². The van der Waals surface area contributed by atoms with Gasteiger partial charge < -0.3 is 0 Å². The Bertz CT molecular complexity index is 242. The third kappa shape index (κ3) is 6.61. The molecule has 0 atom stereocenters. The molecule has 2 nitrogen and oxygen atoms in total. The largest absolute Gasteiger partial charge is 0.220 e. The van der Waals surface area contributed by atoms with Crippen molar-refractivity contribution in [3.63, 3.8) is 0 Å². The van der Waals surface area contributed by atoms with E-state index in [1.54, 1.807) is 6.08 Å². The molecule has 4 heteroatoms.